The molecule has 5 heteroatoms. The lowest BCUT2D eigenvalue weighted by molar-refractivity contribution is -0.133. The first-order valence-electron chi connectivity index (χ1n) is 6.83. The number of amides is 1. The van der Waals surface area contributed by atoms with E-state index in [1.807, 2.05) is 35.9 Å². The lowest BCUT2D eigenvalue weighted by atomic mass is 10.2. The van der Waals surface area contributed by atoms with Crippen LogP contribution < -0.4 is 5.32 Å². The van der Waals surface area contributed by atoms with Gasteiger partial charge in [0, 0.05) is 26.2 Å². The van der Waals surface area contributed by atoms with Crippen molar-refractivity contribution in [3.05, 3.63) is 23.7 Å². The number of hydrogen-bond donors (Lipinski definition) is 1. The van der Waals surface area contributed by atoms with Gasteiger partial charge in [-0.05, 0) is 33.0 Å². The van der Waals surface area contributed by atoms with Gasteiger partial charge in [0.25, 0.3) is 0 Å². The molecule has 1 aliphatic rings. The van der Waals surface area contributed by atoms with E-state index in [0.717, 1.165) is 37.7 Å². The number of carbonyl (C=O) groups is 1. The van der Waals surface area contributed by atoms with Gasteiger partial charge in [-0.2, -0.15) is 0 Å². The number of furan rings is 1. The SMILES string of the molecule is Cc1ccc(C(C)N(C)CC(=O)N2CCNCC2)o1. The maximum absolute atomic E-state index is 12.2. The molecule has 0 radical (unpaired) electrons. The number of rotatable bonds is 4. The van der Waals surface area contributed by atoms with Crippen LogP contribution in [0.25, 0.3) is 0 Å². The van der Waals surface area contributed by atoms with Crippen molar-refractivity contribution in [1.82, 2.24) is 15.1 Å². The third-order valence-electron chi connectivity index (χ3n) is 3.69. The molecule has 1 aromatic rings. The lowest BCUT2D eigenvalue weighted by Crippen LogP contribution is -2.49. The number of nitrogens with zero attached hydrogens (tertiary/aromatic N) is 2. The number of carbonyl (C=O) groups excluding carboxylic acids is 1. The Hall–Kier alpha value is -1.33. The van der Waals surface area contributed by atoms with Crippen LogP contribution >= 0.6 is 0 Å². The van der Waals surface area contributed by atoms with Gasteiger partial charge in [-0.15, -0.1) is 0 Å². The normalized spacial score (nSPS) is 17.8. The van der Waals surface area contributed by atoms with Crippen molar-refractivity contribution < 1.29 is 9.21 Å². The molecule has 5 nitrogen and oxygen atoms in total. The zero-order chi connectivity index (χ0) is 13.8. The number of aryl methyl sites for hydroxylation is 1. The van der Waals surface area contributed by atoms with Crippen LogP contribution in [-0.4, -0.2) is 55.5 Å². The van der Waals surface area contributed by atoms with Crippen LogP contribution in [0.15, 0.2) is 16.5 Å². The summed E-state index contributed by atoms with van der Waals surface area (Å²) in [6.45, 7) is 7.82. The largest absolute Gasteiger partial charge is 0.465 e. The number of piperazine rings is 1. The third kappa shape index (κ3) is 3.58. The van der Waals surface area contributed by atoms with Gasteiger partial charge in [0.1, 0.15) is 11.5 Å². The summed E-state index contributed by atoms with van der Waals surface area (Å²) in [7, 11) is 1.96. The molecule has 1 aliphatic heterocycles. The van der Waals surface area contributed by atoms with E-state index in [-0.39, 0.29) is 11.9 Å². The van der Waals surface area contributed by atoms with Gasteiger partial charge in [-0.3, -0.25) is 9.69 Å². The smallest absolute Gasteiger partial charge is 0.236 e. The van der Waals surface area contributed by atoms with E-state index < -0.39 is 0 Å². The van der Waals surface area contributed by atoms with Crippen molar-refractivity contribution in [2.45, 2.75) is 19.9 Å². The number of hydrogen-bond acceptors (Lipinski definition) is 4. The van der Waals surface area contributed by atoms with Crippen molar-refractivity contribution in [3.63, 3.8) is 0 Å². The lowest BCUT2D eigenvalue weighted by Gasteiger charge is -2.30. The van der Waals surface area contributed by atoms with Crippen molar-refractivity contribution in [2.24, 2.45) is 0 Å². The van der Waals surface area contributed by atoms with Crippen molar-refractivity contribution in [3.8, 4) is 0 Å². The van der Waals surface area contributed by atoms with E-state index in [0.29, 0.717) is 6.54 Å². The minimum absolute atomic E-state index is 0.112. The van der Waals surface area contributed by atoms with E-state index in [9.17, 15) is 4.79 Å². The Balaban J connectivity index is 1.89. The van der Waals surface area contributed by atoms with Gasteiger partial charge >= 0.3 is 0 Å². The van der Waals surface area contributed by atoms with E-state index in [2.05, 4.69) is 12.2 Å². The highest BCUT2D eigenvalue weighted by Crippen LogP contribution is 2.20. The fraction of sp³-hybridized carbons (Fsp3) is 0.643. The molecule has 1 fully saturated rings. The van der Waals surface area contributed by atoms with Gasteiger partial charge in [-0.25, -0.2) is 0 Å². The zero-order valence-electron chi connectivity index (χ0n) is 12.0. The monoisotopic (exact) mass is 265 g/mol. The zero-order valence-corrected chi connectivity index (χ0v) is 12.0. The van der Waals surface area contributed by atoms with E-state index in [1.165, 1.54) is 0 Å². The van der Waals surface area contributed by atoms with Gasteiger partial charge in [0.05, 0.1) is 12.6 Å². The second-order valence-electron chi connectivity index (χ2n) is 5.17. The molecule has 1 saturated heterocycles. The average molecular weight is 265 g/mol. The van der Waals surface area contributed by atoms with Crippen LogP contribution in [0, 0.1) is 6.92 Å². The fourth-order valence-electron chi connectivity index (χ4n) is 2.26. The summed E-state index contributed by atoms with van der Waals surface area (Å²) in [5.74, 6) is 2.01. The second-order valence-corrected chi connectivity index (χ2v) is 5.17. The summed E-state index contributed by atoms with van der Waals surface area (Å²) in [4.78, 5) is 16.1. The van der Waals surface area contributed by atoms with Crippen LogP contribution in [0.1, 0.15) is 24.5 Å². The molecule has 19 heavy (non-hydrogen) atoms. The predicted molar refractivity (Wildman–Crippen MR) is 73.9 cm³/mol. The van der Waals surface area contributed by atoms with Crippen molar-refractivity contribution in [2.75, 3.05) is 39.8 Å². The summed E-state index contributed by atoms with van der Waals surface area (Å²) in [5.41, 5.74) is 0. The maximum Gasteiger partial charge on any atom is 0.236 e. The summed E-state index contributed by atoms with van der Waals surface area (Å²) < 4.78 is 5.62. The highest BCUT2D eigenvalue weighted by atomic mass is 16.3. The Kier molecular flexibility index (Phi) is 4.61. The fourth-order valence-corrected chi connectivity index (χ4v) is 2.26. The standard InChI is InChI=1S/C14H23N3O2/c1-11-4-5-13(19-11)12(2)16(3)10-14(18)17-8-6-15-7-9-17/h4-5,12,15H,6-10H2,1-3H3. The summed E-state index contributed by atoms with van der Waals surface area (Å²) in [6, 6.07) is 4.05. The van der Waals surface area contributed by atoms with Crippen LogP contribution in [0.4, 0.5) is 0 Å². The van der Waals surface area contributed by atoms with Crippen LogP contribution in [0.5, 0.6) is 0 Å². The molecule has 0 aromatic carbocycles. The van der Waals surface area contributed by atoms with Crippen LogP contribution in [0.3, 0.4) is 0 Å². The molecule has 2 rings (SSSR count). The molecular weight excluding hydrogens is 242 g/mol. The summed E-state index contributed by atoms with van der Waals surface area (Å²) in [6.07, 6.45) is 0. The van der Waals surface area contributed by atoms with E-state index >= 15 is 0 Å². The minimum Gasteiger partial charge on any atom is -0.465 e. The van der Waals surface area contributed by atoms with E-state index in [4.69, 9.17) is 4.42 Å². The highest BCUT2D eigenvalue weighted by Gasteiger charge is 2.21. The first-order chi connectivity index (χ1) is 9.08. The van der Waals surface area contributed by atoms with E-state index in [1.54, 1.807) is 0 Å². The van der Waals surface area contributed by atoms with Crippen LogP contribution in [-0.2, 0) is 4.79 Å². The van der Waals surface area contributed by atoms with Crippen molar-refractivity contribution >= 4 is 5.91 Å². The molecular formula is C14H23N3O2. The predicted octanol–water partition coefficient (Wildman–Crippen LogP) is 1.01. The number of likely N-dealkylation sites (N-methyl/N-ethyl adjacent to an activating group) is 1. The van der Waals surface area contributed by atoms with Crippen molar-refractivity contribution in [1.29, 1.82) is 0 Å². The molecule has 0 bridgehead atoms. The van der Waals surface area contributed by atoms with Gasteiger partial charge < -0.3 is 14.6 Å². The molecule has 1 atom stereocenters. The average Bonchev–Trinajstić information content (AvgIpc) is 2.85. The topological polar surface area (TPSA) is 48.7 Å². The van der Waals surface area contributed by atoms with Gasteiger partial charge in [0.15, 0.2) is 0 Å². The maximum atomic E-state index is 12.2. The quantitative estimate of drug-likeness (QED) is 0.883. The molecule has 0 aliphatic carbocycles. The van der Waals surface area contributed by atoms with Gasteiger partial charge in [-0.1, -0.05) is 0 Å². The third-order valence-corrected chi connectivity index (χ3v) is 3.69. The second kappa shape index (κ2) is 6.21. The molecule has 1 N–H and O–H groups in total. The molecule has 0 spiro atoms. The first-order valence-corrected chi connectivity index (χ1v) is 6.83. The highest BCUT2D eigenvalue weighted by molar-refractivity contribution is 5.78. The Bertz CT molecular complexity index is 424. The number of nitrogens with one attached hydrogen (secondary N) is 1. The Morgan fingerprint density at radius 1 is 1.47 bits per heavy atom. The van der Waals surface area contributed by atoms with Crippen LogP contribution in [0.2, 0.25) is 0 Å². The first kappa shape index (κ1) is 14.1. The molecule has 1 unspecified atom stereocenters. The summed E-state index contributed by atoms with van der Waals surface area (Å²) in [5, 5.41) is 3.25. The molecule has 2 heterocycles. The van der Waals surface area contributed by atoms with Gasteiger partial charge in [0.2, 0.25) is 5.91 Å². The molecule has 1 aromatic heterocycles. The Morgan fingerprint density at radius 2 is 2.16 bits per heavy atom. The summed E-state index contributed by atoms with van der Waals surface area (Å²) >= 11 is 0. The minimum atomic E-state index is 0.112. The Morgan fingerprint density at radius 3 is 2.74 bits per heavy atom. The Labute approximate surface area is 114 Å². The molecule has 106 valence electrons. The molecule has 1 amide bonds. The molecule has 0 saturated carbocycles.